The lowest BCUT2D eigenvalue weighted by atomic mass is 9.94. The second-order valence-corrected chi connectivity index (χ2v) is 5.86. The van der Waals surface area contributed by atoms with Gasteiger partial charge in [-0.2, -0.15) is 11.8 Å². The van der Waals surface area contributed by atoms with E-state index in [1.807, 2.05) is 11.8 Å². The summed E-state index contributed by atoms with van der Waals surface area (Å²) in [5.74, 6) is -0.577. The van der Waals surface area contributed by atoms with E-state index in [1.54, 1.807) is 0 Å². The van der Waals surface area contributed by atoms with Crippen LogP contribution in [-0.4, -0.2) is 33.6 Å². The number of anilines is 2. The van der Waals surface area contributed by atoms with Gasteiger partial charge in [-0.3, -0.25) is 0 Å². The number of nitrogens with one attached hydrogen (secondary N) is 1. The van der Waals surface area contributed by atoms with Crippen LogP contribution in [-0.2, 0) is 0 Å². The third kappa shape index (κ3) is 3.32. The molecule has 2 rings (SSSR count). The van der Waals surface area contributed by atoms with Crippen molar-refractivity contribution in [3.63, 3.8) is 0 Å². The first-order valence-corrected chi connectivity index (χ1v) is 7.68. The standard InChI is InChI=1S/C13H19N3O2S/c1-19-11-5-3-2-4-10(11)16-12-9(13(17)18)6-8(14)7-15-12/h6-7,10-11H,2-5,14H2,1H3,(H,15,16)(H,17,18). The van der Waals surface area contributed by atoms with Crippen molar-refractivity contribution in [3.8, 4) is 0 Å². The van der Waals surface area contributed by atoms with E-state index in [4.69, 9.17) is 5.73 Å². The summed E-state index contributed by atoms with van der Waals surface area (Å²) in [6.07, 6.45) is 8.22. The molecule has 4 N–H and O–H groups in total. The normalized spacial score (nSPS) is 23.0. The highest BCUT2D eigenvalue weighted by Crippen LogP contribution is 2.30. The first kappa shape index (κ1) is 14.0. The Hall–Kier alpha value is -1.43. The molecule has 2 atom stereocenters. The van der Waals surface area contributed by atoms with Gasteiger partial charge < -0.3 is 16.2 Å². The summed E-state index contributed by atoms with van der Waals surface area (Å²) in [5, 5.41) is 13.0. The van der Waals surface area contributed by atoms with Gasteiger partial charge in [-0.15, -0.1) is 0 Å². The summed E-state index contributed by atoms with van der Waals surface area (Å²) in [6.45, 7) is 0. The molecule has 1 heterocycles. The third-order valence-corrected chi connectivity index (χ3v) is 4.64. The van der Waals surface area contributed by atoms with Gasteiger partial charge >= 0.3 is 5.97 Å². The zero-order valence-electron chi connectivity index (χ0n) is 10.9. The number of pyridine rings is 1. The number of nitrogens with two attached hydrogens (primary N) is 1. The maximum atomic E-state index is 11.2. The first-order valence-electron chi connectivity index (χ1n) is 6.40. The summed E-state index contributed by atoms with van der Waals surface area (Å²) in [7, 11) is 0. The van der Waals surface area contributed by atoms with Gasteiger partial charge in [-0.05, 0) is 25.2 Å². The second kappa shape index (κ2) is 6.14. The van der Waals surface area contributed by atoms with E-state index < -0.39 is 5.97 Å². The number of nitrogen functional groups attached to an aromatic ring is 1. The van der Waals surface area contributed by atoms with Crippen LogP contribution in [0.25, 0.3) is 0 Å². The largest absolute Gasteiger partial charge is 0.478 e. The summed E-state index contributed by atoms with van der Waals surface area (Å²) < 4.78 is 0. The lowest BCUT2D eigenvalue weighted by molar-refractivity contribution is 0.0697. The number of aromatic nitrogens is 1. The fourth-order valence-electron chi connectivity index (χ4n) is 2.48. The van der Waals surface area contributed by atoms with Crippen LogP contribution < -0.4 is 11.1 Å². The van der Waals surface area contributed by atoms with Crippen LogP contribution in [0.15, 0.2) is 12.3 Å². The minimum absolute atomic E-state index is 0.144. The highest BCUT2D eigenvalue weighted by atomic mass is 32.2. The molecule has 1 fully saturated rings. The minimum Gasteiger partial charge on any atom is -0.478 e. The fourth-order valence-corrected chi connectivity index (χ4v) is 3.41. The SMILES string of the molecule is CSC1CCCCC1Nc1ncc(N)cc1C(=O)O. The molecule has 104 valence electrons. The number of carboxylic acid groups (broad SMARTS) is 1. The van der Waals surface area contributed by atoms with E-state index in [0.29, 0.717) is 16.8 Å². The van der Waals surface area contributed by atoms with Crippen LogP contribution in [0.3, 0.4) is 0 Å². The quantitative estimate of drug-likeness (QED) is 0.785. The van der Waals surface area contributed by atoms with Crippen molar-refractivity contribution in [2.45, 2.75) is 37.0 Å². The van der Waals surface area contributed by atoms with Crippen molar-refractivity contribution >= 4 is 29.2 Å². The number of thioether (sulfide) groups is 1. The van der Waals surface area contributed by atoms with Gasteiger partial charge in [0, 0.05) is 11.3 Å². The van der Waals surface area contributed by atoms with Gasteiger partial charge in [0.25, 0.3) is 0 Å². The van der Waals surface area contributed by atoms with Crippen molar-refractivity contribution in [3.05, 3.63) is 17.8 Å². The molecule has 0 aliphatic heterocycles. The van der Waals surface area contributed by atoms with Crippen molar-refractivity contribution in [2.75, 3.05) is 17.3 Å². The highest BCUT2D eigenvalue weighted by Gasteiger charge is 2.26. The topological polar surface area (TPSA) is 88.2 Å². The first-order chi connectivity index (χ1) is 9.11. The number of carbonyl (C=O) groups is 1. The van der Waals surface area contributed by atoms with Gasteiger partial charge in [0.2, 0.25) is 0 Å². The highest BCUT2D eigenvalue weighted by molar-refractivity contribution is 7.99. The minimum atomic E-state index is -1.00. The van der Waals surface area contributed by atoms with Crippen molar-refractivity contribution < 1.29 is 9.90 Å². The van der Waals surface area contributed by atoms with Crippen molar-refractivity contribution in [2.24, 2.45) is 0 Å². The Balaban J connectivity index is 2.20. The molecule has 0 amide bonds. The molecule has 0 saturated heterocycles. The number of nitrogens with zero attached hydrogens (tertiary/aromatic N) is 1. The molecule has 6 heteroatoms. The number of aromatic carboxylic acids is 1. The average Bonchev–Trinajstić information content (AvgIpc) is 2.41. The Morgan fingerprint density at radius 1 is 1.53 bits per heavy atom. The molecule has 0 radical (unpaired) electrons. The molecule has 1 saturated carbocycles. The summed E-state index contributed by atoms with van der Waals surface area (Å²) >= 11 is 1.83. The number of rotatable bonds is 4. The van der Waals surface area contributed by atoms with Crippen molar-refractivity contribution in [1.82, 2.24) is 4.98 Å². The van der Waals surface area contributed by atoms with E-state index in [-0.39, 0.29) is 11.6 Å². The second-order valence-electron chi connectivity index (χ2n) is 4.78. The number of hydrogen-bond donors (Lipinski definition) is 3. The molecular weight excluding hydrogens is 262 g/mol. The van der Waals surface area contributed by atoms with Gasteiger partial charge in [0.05, 0.1) is 11.9 Å². The molecule has 1 aromatic rings. The maximum absolute atomic E-state index is 11.2. The Morgan fingerprint density at radius 2 is 2.26 bits per heavy atom. The van der Waals surface area contributed by atoms with Crippen LogP contribution >= 0.6 is 11.8 Å². The zero-order chi connectivity index (χ0) is 13.8. The van der Waals surface area contributed by atoms with E-state index in [2.05, 4.69) is 16.6 Å². The summed E-state index contributed by atoms with van der Waals surface area (Å²) in [4.78, 5) is 15.4. The van der Waals surface area contributed by atoms with Gasteiger partial charge in [-0.25, -0.2) is 9.78 Å². The number of hydrogen-bond acceptors (Lipinski definition) is 5. The average molecular weight is 281 g/mol. The molecule has 0 bridgehead atoms. The molecule has 1 aliphatic carbocycles. The molecule has 19 heavy (non-hydrogen) atoms. The van der Waals surface area contributed by atoms with E-state index >= 15 is 0 Å². The van der Waals surface area contributed by atoms with Gasteiger partial charge in [-0.1, -0.05) is 12.8 Å². The predicted octanol–water partition coefficient (Wildman–Crippen LogP) is 2.45. The molecule has 2 unspecified atom stereocenters. The molecule has 0 aromatic carbocycles. The van der Waals surface area contributed by atoms with E-state index in [1.165, 1.54) is 25.1 Å². The third-order valence-electron chi connectivity index (χ3n) is 3.47. The molecule has 1 aromatic heterocycles. The Bertz CT molecular complexity index is 467. The Labute approximate surface area is 117 Å². The monoisotopic (exact) mass is 281 g/mol. The van der Waals surface area contributed by atoms with Crippen molar-refractivity contribution in [1.29, 1.82) is 0 Å². The lowest BCUT2D eigenvalue weighted by Gasteiger charge is -2.31. The zero-order valence-corrected chi connectivity index (χ0v) is 11.7. The van der Waals surface area contributed by atoms with Crippen LogP contribution in [0.2, 0.25) is 0 Å². The predicted molar refractivity (Wildman–Crippen MR) is 78.8 cm³/mol. The van der Waals surface area contributed by atoms with E-state index in [9.17, 15) is 9.90 Å². The number of carboxylic acids is 1. The van der Waals surface area contributed by atoms with Gasteiger partial charge in [0.15, 0.2) is 0 Å². The van der Waals surface area contributed by atoms with Crippen LogP contribution in [0.1, 0.15) is 36.0 Å². The summed E-state index contributed by atoms with van der Waals surface area (Å²) in [6, 6.07) is 1.73. The van der Waals surface area contributed by atoms with Gasteiger partial charge in [0.1, 0.15) is 11.4 Å². The molecular formula is C13H19N3O2S. The van der Waals surface area contributed by atoms with Crippen LogP contribution in [0.5, 0.6) is 0 Å². The Kier molecular flexibility index (Phi) is 4.52. The maximum Gasteiger partial charge on any atom is 0.339 e. The smallest absolute Gasteiger partial charge is 0.339 e. The van der Waals surface area contributed by atoms with Crippen LogP contribution in [0.4, 0.5) is 11.5 Å². The fraction of sp³-hybridized carbons (Fsp3) is 0.538. The molecule has 1 aliphatic rings. The van der Waals surface area contributed by atoms with E-state index in [0.717, 1.165) is 12.8 Å². The summed E-state index contributed by atoms with van der Waals surface area (Å²) in [5.41, 5.74) is 6.11. The molecule has 0 spiro atoms. The lowest BCUT2D eigenvalue weighted by Crippen LogP contribution is -2.35. The Morgan fingerprint density at radius 3 is 2.95 bits per heavy atom. The molecule has 5 nitrogen and oxygen atoms in total. The van der Waals surface area contributed by atoms with Crippen LogP contribution in [0, 0.1) is 0 Å².